The van der Waals surface area contributed by atoms with Gasteiger partial charge in [-0.2, -0.15) is 0 Å². The second-order valence-corrected chi connectivity index (χ2v) is 4.79. The van der Waals surface area contributed by atoms with E-state index in [0.29, 0.717) is 10.8 Å². The number of amides is 1. The topological polar surface area (TPSA) is 50.4 Å². The number of halogens is 1. The average molecular weight is 271 g/mol. The number of ether oxygens (including phenoxy) is 1. The molecule has 0 heterocycles. The van der Waals surface area contributed by atoms with Gasteiger partial charge >= 0.3 is 0 Å². The second kappa shape index (κ2) is 6.50. The maximum absolute atomic E-state index is 11.7. The summed E-state index contributed by atoms with van der Waals surface area (Å²) in [5, 5.41) is 6.49. The Hall–Kier alpha value is -1.42. The van der Waals surface area contributed by atoms with Gasteiger partial charge in [-0.05, 0) is 32.9 Å². The number of carbonyl (C=O) groups excluding carboxylic acids is 1. The van der Waals surface area contributed by atoms with E-state index in [1.165, 1.54) is 0 Å². The van der Waals surface area contributed by atoms with Crippen LogP contribution >= 0.6 is 11.6 Å². The Kier molecular flexibility index (Phi) is 5.28. The third-order valence-corrected chi connectivity index (χ3v) is 2.67. The quantitative estimate of drug-likeness (QED) is 0.865. The van der Waals surface area contributed by atoms with Crippen molar-refractivity contribution in [2.45, 2.75) is 32.9 Å². The zero-order chi connectivity index (χ0) is 13.7. The number of carbonyl (C=O) groups is 1. The van der Waals surface area contributed by atoms with Crippen molar-refractivity contribution in [3.8, 4) is 5.75 Å². The summed E-state index contributed by atoms with van der Waals surface area (Å²) in [5.74, 6) is 0.539. The van der Waals surface area contributed by atoms with Gasteiger partial charge in [-0.3, -0.25) is 4.79 Å². The van der Waals surface area contributed by atoms with E-state index >= 15 is 0 Å². The standard InChI is InChI=1S/C13H19ClN2O2/c1-8(2)15-13(17)9(3)16-10-5-6-11(14)12(7-10)18-4/h5-9,16H,1-4H3,(H,15,17). The Bertz CT molecular complexity index is 421. The van der Waals surface area contributed by atoms with E-state index in [9.17, 15) is 4.79 Å². The molecule has 0 aliphatic rings. The van der Waals surface area contributed by atoms with Crippen molar-refractivity contribution in [3.05, 3.63) is 23.2 Å². The molecule has 0 aliphatic carbocycles. The van der Waals surface area contributed by atoms with Crippen molar-refractivity contribution in [3.63, 3.8) is 0 Å². The van der Waals surface area contributed by atoms with Crippen LogP contribution in [0.15, 0.2) is 18.2 Å². The average Bonchev–Trinajstić information content (AvgIpc) is 2.30. The minimum absolute atomic E-state index is 0.0427. The molecule has 0 spiro atoms. The van der Waals surface area contributed by atoms with E-state index in [1.807, 2.05) is 19.9 Å². The minimum atomic E-state index is -0.321. The fourth-order valence-electron chi connectivity index (χ4n) is 1.47. The summed E-state index contributed by atoms with van der Waals surface area (Å²) in [4.78, 5) is 11.7. The van der Waals surface area contributed by atoms with Crippen LogP contribution in [0, 0.1) is 0 Å². The number of methoxy groups -OCH3 is 1. The third-order valence-electron chi connectivity index (χ3n) is 2.36. The van der Waals surface area contributed by atoms with Gasteiger partial charge in [-0.15, -0.1) is 0 Å². The van der Waals surface area contributed by atoms with E-state index in [0.717, 1.165) is 5.69 Å². The van der Waals surface area contributed by atoms with E-state index in [-0.39, 0.29) is 18.0 Å². The largest absolute Gasteiger partial charge is 0.495 e. The molecule has 0 saturated carbocycles. The van der Waals surface area contributed by atoms with Gasteiger partial charge in [-0.25, -0.2) is 0 Å². The molecule has 0 aromatic heterocycles. The highest BCUT2D eigenvalue weighted by atomic mass is 35.5. The third kappa shape index (κ3) is 4.11. The van der Waals surface area contributed by atoms with Gasteiger partial charge in [0.05, 0.1) is 12.1 Å². The summed E-state index contributed by atoms with van der Waals surface area (Å²) in [6.45, 7) is 5.66. The first-order valence-electron chi connectivity index (χ1n) is 5.84. The molecule has 0 radical (unpaired) electrons. The minimum Gasteiger partial charge on any atom is -0.495 e. The van der Waals surface area contributed by atoms with E-state index < -0.39 is 0 Å². The van der Waals surface area contributed by atoms with Crippen LogP contribution in [0.1, 0.15) is 20.8 Å². The molecule has 5 heteroatoms. The maximum atomic E-state index is 11.7. The predicted octanol–water partition coefficient (Wildman–Crippen LogP) is 2.67. The van der Waals surface area contributed by atoms with Crippen LogP contribution in [0.3, 0.4) is 0 Å². The SMILES string of the molecule is COc1cc(NC(C)C(=O)NC(C)C)ccc1Cl. The molecule has 0 bridgehead atoms. The molecular formula is C13H19ClN2O2. The van der Waals surface area contributed by atoms with E-state index in [1.54, 1.807) is 26.2 Å². The Morgan fingerprint density at radius 2 is 2.00 bits per heavy atom. The van der Waals surface area contributed by atoms with Gasteiger partial charge in [0.15, 0.2) is 0 Å². The first kappa shape index (κ1) is 14.6. The summed E-state index contributed by atoms with van der Waals surface area (Å²) in [7, 11) is 1.56. The molecule has 18 heavy (non-hydrogen) atoms. The number of benzene rings is 1. The number of rotatable bonds is 5. The zero-order valence-corrected chi connectivity index (χ0v) is 11.8. The van der Waals surface area contributed by atoms with Crippen molar-refractivity contribution in [1.29, 1.82) is 0 Å². The molecule has 1 rings (SSSR count). The number of hydrogen-bond donors (Lipinski definition) is 2. The highest BCUT2D eigenvalue weighted by Crippen LogP contribution is 2.27. The Labute approximate surface area is 113 Å². The van der Waals surface area contributed by atoms with Crippen LogP contribution in [0.25, 0.3) is 0 Å². The highest BCUT2D eigenvalue weighted by Gasteiger charge is 2.13. The van der Waals surface area contributed by atoms with Gasteiger partial charge in [0.25, 0.3) is 0 Å². The Morgan fingerprint density at radius 3 is 2.56 bits per heavy atom. The lowest BCUT2D eigenvalue weighted by Gasteiger charge is -2.17. The zero-order valence-electron chi connectivity index (χ0n) is 11.1. The van der Waals surface area contributed by atoms with Gasteiger partial charge < -0.3 is 15.4 Å². The normalized spacial score (nSPS) is 12.1. The van der Waals surface area contributed by atoms with Crippen LogP contribution in [0.5, 0.6) is 5.75 Å². The van der Waals surface area contributed by atoms with Crippen molar-refractivity contribution >= 4 is 23.2 Å². The van der Waals surface area contributed by atoms with Gasteiger partial charge in [0.1, 0.15) is 11.8 Å². The second-order valence-electron chi connectivity index (χ2n) is 4.38. The summed E-state index contributed by atoms with van der Waals surface area (Å²) in [6, 6.07) is 5.11. The number of hydrogen-bond acceptors (Lipinski definition) is 3. The molecule has 1 aromatic rings. The van der Waals surface area contributed by atoms with Crippen molar-refractivity contribution in [2.24, 2.45) is 0 Å². The van der Waals surface area contributed by atoms with Crippen LogP contribution < -0.4 is 15.4 Å². The molecule has 0 saturated heterocycles. The first-order chi connectivity index (χ1) is 8.43. The lowest BCUT2D eigenvalue weighted by atomic mass is 10.2. The van der Waals surface area contributed by atoms with Crippen molar-refractivity contribution < 1.29 is 9.53 Å². The monoisotopic (exact) mass is 270 g/mol. The van der Waals surface area contributed by atoms with Gasteiger partial charge in [0.2, 0.25) is 5.91 Å². The van der Waals surface area contributed by atoms with E-state index in [4.69, 9.17) is 16.3 Å². The van der Waals surface area contributed by atoms with Crippen LogP contribution in [0.4, 0.5) is 5.69 Å². The summed E-state index contributed by atoms with van der Waals surface area (Å²) in [5.41, 5.74) is 0.794. The molecule has 4 nitrogen and oxygen atoms in total. The molecule has 2 N–H and O–H groups in total. The fraction of sp³-hybridized carbons (Fsp3) is 0.462. The fourth-order valence-corrected chi connectivity index (χ4v) is 1.67. The molecule has 1 amide bonds. The molecule has 1 aromatic carbocycles. The smallest absolute Gasteiger partial charge is 0.242 e. The lowest BCUT2D eigenvalue weighted by molar-refractivity contribution is -0.122. The summed E-state index contributed by atoms with van der Waals surface area (Å²) < 4.78 is 5.12. The van der Waals surface area contributed by atoms with Crippen LogP contribution in [0.2, 0.25) is 5.02 Å². The van der Waals surface area contributed by atoms with Crippen LogP contribution in [-0.2, 0) is 4.79 Å². The molecule has 1 atom stereocenters. The number of nitrogens with one attached hydrogen (secondary N) is 2. The molecule has 1 unspecified atom stereocenters. The highest BCUT2D eigenvalue weighted by molar-refractivity contribution is 6.32. The first-order valence-corrected chi connectivity index (χ1v) is 6.22. The molecule has 0 fully saturated rings. The summed E-state index contributed by atoms with van der Waals surface area (Å²) in [6.07, 6.45) is 0. The van der Waals surface area contributed by atoms with Crippen molar-refractivity contribution in [1.82, 2.24) is 5.32 Å². The molecule has 100 valence electrons. The van der Waals surface area contributed by atoms with Crippen molar-refractivity contribution in [2.75, 3.05) is 12.4 Å². The Balaban J connectivity index is 2.69. The molecular weight excluding hydrogens is 252 g/mol. The summed E-state index contributed by atoms with van der Waals surface area (Å²) >= 11 is 5.93. The van der Waals surface area contributed by atoms with E-state index in [2.05, 4.69) is 10.6 Å². The number of anilines is 1. The Morgan fingerprint density at radius 1 is 1.33 bits per heavy atom. The van der Waals surface area contributed by atoms with Crippen LogP contribution in [-0.4, -0.2) is 25.1 Å². The van der Waals surface area contributed by atoms with Gasteiger partial charge in [-0.1, -0.05) is 11.6 Å². The predicted molar refractivity (Wildman–Crippen MR) is 74.4 cm³/mol. The molecule has 0 aliphatic heterocycles. The maximum Gasteiger partial charge on any atom is 0.242 e. The van der Waals surface area contributed by atoms with Gasteiger partial charge in [0, 0.05) is 17.8 Å². The lowest BCUT2D eigenvalue weighted by Crippen LogP contribution is -2.40.